The molecule has 0 spiro atoms. The Balaban J connectivity index is 2.62. The maximum absolute atomic E-state index is 11.7. The summed E-state index contributed by atoms with van der Waals surface area (Å²) < 4.78 is 8.56. The summed E-state index contributed by atoms with van der Waals surface area (Å²) in [4.78, 5) is 23.2. The second kappa shape index (κ2) is 5.02. The van der Waals surface area contributed by atoms with Crippen molar-refractivity contribution in [1.82, 2.24) is 4.37 Å². The van der Waals surface area contributed by atoms with E-state index < -0.39 is 0 Å². The first-order valence-corrected chi connectivity index (χ1v) is 5.36. The minimum Gasteiger partial charge on any atom is -0.469 e. The van der Waals surface area contributed by atoms with Gasteiger partial charge in [-0.25, -0.2) is 0 Å². The number of ketones is 1. The first-order valence-electron chi connectivity index (χ1n) is 4.59. The minimum atomic E-state index is -0.359. The van der Waals surface area contributed by atoms with Crippen LogP contribution in [0.5, 0.6) is 0 Å². The predicted molar refractivity (Wildman–Crippen MR) is 57.2 cm³/mol. The molecule has 1 aromatic heterocycles. The number of methoxy groups -OCH3 is 1. The zero-order valence-electron chi connectivity index (χ0n) is 8.99. The lowest BCUT2D eigenvalue weighted by molar-refractivity contribution is -0.140. The van der Waals surface area contributed by atoms with E-state index in [1.54, 1.807) is 0 Å². The largest absolute Gasteiger partial charge is 0.469 e. The highest BCUT2D eigenvalue weighted by Crippen LogP contribution is 2.19. The van der Waals surface area contributed by atoms with Crippen LogP contribution in [0.2, 0.25) is 0 Å². The lowest BCUT2D eigenvalue weighted by Gasteiger charge is -1.98. The number of rotatable bonds is 4. The molecule has 15 heavy (non-hydrogen) atoms. The van der Waals surface area contributed by atoms with E-state index in [4.69, 9.17) is 0 Å². The van der Waals surface area contributed by atoms with Gasteiger partial charge in [0, 0.05) is 6.42 Å². The van der Waals surface area contributed by atoms with Crippen molar-refractivity contribution in [2.75, 3.05) is 7.11 Å². The van der Waals surface area contributed by atoms with E-state index in [9.17, 15) is 9.59 Å². The highest BCUT2D eigenvalue weighted by atomic mass is 32.1. The average Bonchev–Trinajstić information content (AvgIpc) is 2.56. The van der Waals surface area contributed by atoms with E-state index in [-0.39, 0.29) is 24.6 Å². The first kappa shape index (κ1) is 11.8. The molecular formula is C10H13NO3S. The fraction of sp³-hybridized carbons (Fsp3) is 0.500. The Morgan fingerprint density at radius 3 is 2.47 bits per heavy atom. The molecular weight excluding hydrogens is 214 g/mol. The van der Waals surface area contributed by atoms with E-state index in [1.807, 2.05) is 13.8 Å². The molecule has 0 aliphatic heterocycles. The molecule has 0 saturated carbocycles. The molecule has 1 rings (SSSR count). The zero-order chi connectivity index (χ0) is 11.4. The van der Waals surface area contributed by atoms with Crippen LogP contribution in [0, 0.1) is 13.8 Å². The van der Waals surface area contributed by atoms with Gasteiger partial charge in [0.1, 0.15) is 0 Å². The van der Waals surface area contributed by atoms with E-state index in [0.29, 0.717) is 4.88 Å². The second-order valence-corrected chi connectivity index (χ2v) is 3.99. The van der Waals surface area contributed by atoms with E-state index in [1.165, 1.54) is 18.6 Å². The highest BCUT2D eigenvalue weighted by molar-refractivity contribution is 7.08. The molecule has 0 N–H and O–H groups in total. The van der Waals surface area contributed by atoms with Gasteiger partial charge in [0.2, 0.25) is 0 Å². The molecule has 0 amide bonds. The third-order valence-corrected chi connectivity index (χ3v) is 3.28. The van der Waals surface area contributed by atoms with Gasteiger partial charge < -0.3 is 4.74 Å². The van der Waals surface area contributed by atoms with Crippen LogP contribution in [0.25, 0.3) is 0 Å². The van der Waals surface area contributed by atoms with Crippen LogP contribution in [0.1, 0.15) is 33.8 Å². The summed E-state index contributed by atoms with van der Waals surface area (Å²) in [7, 11) is 1.31. The third kappa shape index (κ3) is 2.86. The number of aromatic nitrogens is 1. The Hall–Kier alpha value is -1.23. The number of hydrogen-bond donors (Lipinski definition) is 0. The van der Waals surface area contributed by atoms with Crippen molar-refractivity contribution >= 4 is 23.3 Å². The van der Waals surface area contributed by atoms with Gasteiger partial charge in [-0.15, -0.1) is 0 Å². The molecule has 1 aromatic rings. The Bertz CT molecular complexity index is 384. The number of Topliss-reactive ketones (excluding diaryl/α,β-unsaturated/α-hetero) is 1. The molecule has 0 aliphatic carbocycles. The van der Waals surface area contributed by atoms with Crippen molar-refractivity contribution in [1.29, 1.82) is 0 Å². The minimum absolute atomic E-state index is 0.0384. The summed E-state index contributed by atoms with van der Waals surface area (Å²) in [6.07, 6.45) is 0.320. The number of hydrogen-bond acceptors (Lipinski definition) is 5. The highest BCUT2D eigenvalue weighted by Gasteiger charge is 2.15. The van der Waals surface area contributed by atoms with Gasteiger partial charge in [0.15, 0.2) is 5.78 Å². The fourth-order valence-electron chi connectivity index (χ4n) is 1.11. The third-order valence-electron chi connectivity index (χ3n) is 2.19. The standard InChI is InChI=1S/C10H13NO3S/c1-6-7(2)11-15-10(6)8(12)4-5-9(13)14-3/h4-5H2,1-3H3. The first-order chi connectivity index (χ1) is 7.06. The quantitative estimate of drug-likeness (QED) is 0.582. The van der Waals surface area contributed by atoms with Crippen LogP contribution in [-0.4, -0.2) is 23.2 Å². The van der Waals surface area contributed by atoms with Gasteiger partial charge in [-0.05, 0) is 30.9 Å². The zero-order valence-corrected chi connectivity index (χ0v) is 9.81. The number of nitrogens with zero attached hydrogens (tertiary/aromatic N) is 1. The SMILES string of the molecule is COC(=O)CCC(=O)c1snc(C)c1C. The van der Waals surface area contributed by atoms with Crippen molar-refractivity contribution in [2.24, 2.45) is 0 Å². The maximum Gasteiger partial charge on any atom is 0.305 e. The van der Waals surface area contributed by atoms with E-state index in [0.717, 1.165) is 11.3 Å². The molecule has 0 radical (unpaired) electrons. The smallest absolute Gasteiger partial charge is 0.305 e. The average molecular weight is 227 g/mol. The van der Waals surface area contributed by atoms with Gasteiger partial charge in [0.25, 0.3) is 0 Å². The summed E-state index contributed by atoms with van der Waals surface area (Å²) >= 11 is 1.19. The number of ether oxygens (including phenoxy) is 1. The normalized spacial score (nSPS) is 10.1. The molecule has 0 aliphatic rings. The molecule has 82 valence electrons. The van der Waals surface area contributed by atoms with Crippen LogP contribution in [0.15, 0.2) is 0 Å². The lowest BCUT2D eigenvalue weighted by atomic mass is 10.1. The van der Waals surface area contributed by atoms with Crippen LogP contribution >= 0.6 is 11.5 Å². The summed E-state index contributed by atoms with van der Waals surface area (Å²) in [5.41, 5.74) is 1.79. The molecule has 1 heterocycles. The van der Waals surface area contributed by atoms with Gasteiger partial charge in [-0.2, -0.15) is 4.37 Å². The van der Waals surface area contributed by atoms with E-state index in [2.05, 4.69) is 9.11 Å². The molecule has 5 heteroatoms. The maximum atomic E-state index is 11.7. The van der Waals surface area contributed by atoms with Crippen molar-refractivity contribution in [3.8, 4) is 0 Å². The van der Waals surface area contributed by atoms with Crippen molar-refractivity contribution in [3.63, 3.8) is 0 Å². The topological polar surface area (TPSA) is 56.3 Å². The monoisotopic (exact) mass is 227 g/mol. The van der Waals surface area contributed by atoms with E-state index >= 15 is 0 Å². The second-order valence-electron chi connectivity index (χ2n) is 3.22. The van der Waals surface area contributed by atoms with Gasteiger partial charge in [0.05, 0.1) is 24.1 Å². The van der Waals surface area contributed by atoms with Crippen LogP contribution in [0.3, 0.4) is 0 Å². The lowest BCUT2D eigenvalue weighted by Crippen LogP contribution is -2.05. The number of aryl methyl sites for hydroxylation is 1. The predicted octanol–water partition coefficient (Wildman–Crippen LogP) is 1.90. The number of carbonyl (C=O) groups is 2. The Kier molecular flexibility index (Phi) is 3.96. The van der Waals surface area contributed by atoms with Crippen molar-refractivity contribution < 1.29 is 14.3 Å². The number of carbonyl (C=O) groups excluding carboxylic acids is 2. The molecule has 0 fully saturated rings. The molecule has 4 nitrogen and oxygen atoms in total. The van der Waals surface area contributed by atoms with Crippen LogP contribution < -0.4 is 0 Å². The fourth-order valence-corrected chi connectivity index (χ4v) is 1.96. The summed E-state index contributed by atoms with van der Waals surface area (Å²) in [6, 6.07) is 0. The van der Waals surface area contributed by atoms with Gasteiger partial charge >= 0.3 is 5.97 Å². The molecule has 0 saturated heterocycles. The molecule has 0 atom stereocenters. The Morgan fingerprint density at radius 1 is 1.33 bits per heavy atom. The summed E-state index contributed by atoms with van der Waals surface area (Å²) in [5.74, 6) is -0.397. The molecule has 0 bridgehead atoms. The number of esters is 1. The van der Waals surface area contributed by atoms with Crippen molar-refractivity contribution in [3.05, 3.63) is 16.1 Å². The Labute approximate surface area is 92.4 Å². The van der Waals surface area contributed by atoms with Crippen LogP contribution in [0.4, 0.5) is 0 Å². The molecule has 0 unspecified atom stereocenters. The van der Waals surface area contributed by atoms with Crippen molar-refractivity contribution in [2.45, 2.75) is 26.7 Å². The molecule has 0 aromatic carbocycles. The van der Waals surface area contributed by atoms with Gasteiger partial charge in [-0.3, -0.25) is 9.59 Å². The summed E-state index contributed by atoms with van der Waals surface area (Å²) in [6.45, 7) is 3.73. The summed E-state index contributed by atoms with van der Waals surface area (Å²) in [5, 5.41) is 0. The van der Waals surface area contributed by atoms with Gasteiger partial charge in [-0.1, -0.05) is 0 Å². The Morgan fingerprint density at radius 2 is 2.00 bits per heavy atom. The van der Waals surface area contributed by atoms with Crippen LogP contribution in [-0.2, 0) is 9.53 Å².